The van der Waals surface area contributed by atoms with Crippen LogP contribution in [0.25, 0.3) is 21.8 Å². The molecule has 0 saturated heterocycles. The van der Waals surface area contributed by atoms with Crippen molar-refractivity contribution in [2.45, 2.75) is 6.18 Å². The summed E-state index contributed by atoms with van der Waals surface area (Å²) >= 11 is 0. The minimum absolute atomic E-state index is 0.385. The lowest BCUT2D eigenvalue weighted by Crippen LogP contribution is -2.19. The summed E-state index contributed by atoms with van der Waals surface area (Å²) in [6.45, 7) is 0. The first-order valence-electron chi connectivity index (χ1n) is 6.04. The fraction of sp³-hybridized carbons (Fsp3) is 0.0714. The fourth-order valence-electron chi connectivity index (χ4n) is 2.30. The molecule has 1 aromatic heterocycles. The second kappa shape index (κ2) is 4.41. The molecule has 2 amide bonds. The van der Waals surface area contributed by atoms with E-state index < -0.39 is 17.8 Å². The lowest BCUT2D eigenvalue weighted by molar-refractivity contribution is -0.137. The van der Waals surface area contributed by atoms with Crippen molar-refractivity contribution in [3.8, 4) is 0 Å². The van der Waals surface area contributed by atoms with Crippen molar-refractivity contribution in [2.75, 3.05) is 5.32 Å². The number of anilines is 1. The number of amides is 2. The van der Waals surface area contributed by atoms with E-state index in [0.717, 1.165) is 12.1 Å². The Morgan fingerprint density at radius 2 is 1.81 bits per heavy atom. The lowest BCUT2D eigenvalue weighted by atomic mass is 10.1. The Balaban J connectivity index is 2.19. The van der Waals surface area contributed by atoms with Crippen molar-refractivity contribution < 1.29 is 18.0 Å². The number of halogens is 3. The summed E-state index contributed by atoms with van der Waals surface area (Å²) < 4.78 is 38.1. The first-order valence-corrected chi connectivity index (χ1v) is 6.04. The van der Waals surface area contributed by atoms with Gasteiger partial charge in [-0.3, -0.25) is 0 Å². The Morgan fingerprint density at radius 1 is 1.05 bits per heavy atom. The Bertz CT molecular complexity index is 852. The number of fused-ring (bicyclic) bond motifs is 3. The highest BCUT2D eigenvalue weighted by Gasteiger charge is 2.30. The highest BCUT2D eigenvalue weighted by molar-refractivity contribution is 6.09. The van der Waals surface area contributed by atoms with Gasteiger partial charge in [0.1, 0.15) is 0 Å². The zero-order chi connectivity index (χ0) is 15.2. The molecule has 108 valence electrons. The second-order valence-corrected chi connectivity index (χ2v) is 4.63. The molecular weight excluding hydrogens is 283 g/mol. The van der Waals surface area contributed by atoms with Crippen molar-refractivity contribution >= 4 is 33.5 Å². The molecule has 4 N–H and O–H groups in total. The maximum absolute atomic E-state index is 12.7. The maximum atomic E-state index is 12.7. The van der Waals surface area contributed by atoms with Gasteiger partial charge in [0.15, 0.2) is 0 Å². The van der Waals surface area contributed by atoms with Crippen LogP contribution in [-0.4, -0.2) is 11.0 Å². The molecule has 2 aromatic carbocycles. The van der Waals surface area contributed by atoms with Crippen molar-refractivity contribution in [1.29, 1.82) is 0 Å². The van der Waals surface area contributed by atoms with Gasteiger partial charge >= 0.3 is 12.2 Å². The number of urea groups is 1. The second-order valence-electron chi connectivity index (χ2n) is 4.63. The van der Waals surface area contributed by atoms with Crippen LogP contribution in [0, 0.1) is 0 Å². The fourth-order valence-corrected chi connectivity index (χ4v) is 2.30. The first kappa shape index (κ1) is 13.3. The molecule has 0 aliphatic carbocycles. The van der Waals surface area contributed by atoms with Crippen LogP contribution < -0.4 is 11.1 Å². The third kappa shape index (κ3) is 2.37. The predicted octanol–water partition coefficient (Wildman–Crippen LogP) is 3.83. The van der Waals surface area contributed by atoms with Crippen LogP contribution in [0.3, 0.4) is 0 Å². The number of alkyl halides is 3. The standard InChI is InChI=1S/C14H10F3N3O/c15-14(16,17)7-1-3-9-10-6-8(19-13(18)21)2-4-11(10)20-12(9)5-7/h1-6,20H,(H3,18,19,21). The number of hydrogen-bond donors (Lipinski definition) is 3. The van der Waals surface area contributed by atoms with Crippen molar-refractivity contribution in [2.24, 2.45) is 5.73 Å². The number of benzene rings is 2. The molecule has 3 aromatic rings. The number of nitrogens with two attached hydrogens (primary N) is 1. The zero-order valence-corrected chi connectivity index (χ0v) is 10.6. The normalized spacial score (nSPS) is 12.0. The molecule has 1 heterocycles. The number of primary amides is 1. The summed E-state index contributed by atoms with van der Waals surface area (Å²) in [7, 11) is 0. The van der Waals surface area contributed by atoms with Crippen molar-refractivity contribution in [3.05, 3.63) is 42.0 Å². The Kier molecular flexibility index (Phi) is 2.79. The summed E-state index contributed by atoms with van der Waals surface area (Å²) in [6.07, 6.45) is -4.38. The highest BCUT2D eigenvalue weighted by atomic mass is 19.4. The lowest BCUT2D eigenvalue weighted by Gasteiger charge is -2.05. The number of carbonyl (C=O) groups is 1. The molecule has 0 aliphatic rings. The molecule has 0 atom stereocenters. The average Bonchev–Trinajstić information content (AvgIpc) is 2.74. The molecule has 21 heavy (non-hydrogen) atoms. The van der Waals surface area contributed by atoms with Gasteiger partial charge in [0.25, 0.3) is 0 Å². The van der Waals surface area contributed by atoms with E-state index in [-0.39, 0.29) is 0 Å². The van der Waals surface area contributed by atoms with Gasteiger partial charge in [0.05, 0.1) is 5.56 Å². The topological polar surface area (TPSA) is 70.9 Å². The van der Waals surface area contributed by atoms with Crippen molar-refractivity contribution in [3.63, 3.8) is 0 Å². The van der Waals surface area contributed by atoms with Gasteiger partial charge in [-0.05, 0) is 30.3 Å². The van der Waals surface area contributed by atoms with Gasteiger partial charge in [-0.2, -0.15) is 13.2 Å². The number of hydrogen-bond acceptors (Lipinski definition) is 1. The van der Waals surface area contributed by atoms with E-state index in [9.17, 15) is 18.0 Å². The monoisotopic (exact) mass is 293 g/mol. The minimum atomic E-state index is -4.38. The SMILES string of the molecule is NC(=O)Nc1ccc2[nH]c3cc(C(F)(F)F)ccc3c2c1. The molecule has 0 spiro atoms. The third-order valence-electron chi connectivity index (χ3n) is 3.19. The molecule has 0 bridgehead atoms. The van der Waals surface area contributed by atoms with Gasteiger partial charge in [0, 0.05) is 27.5 Å². The number of aromatic amines is 1. The maximum Gasteiger partial charge on any atom is 0.416 e. The Labute approximate surface area is 116 Å². The summed E-state index contributed by atoms with van der Waals surface area (Å²) in [5, 5.41) is 3.79. The van der Waals surface area contributed by atoms with Crippen LogP contribution in [0.1, 0.15) is 5.56 Å². The van der Waals surface area contributed by atoms with E-state index >= 15 is 0 Å². The largest absolute Gasteiger partial charge is 0.416 e. The summed E-state index contributed by atoms with van der Waals surface area (Å²) in [5.74, 6) is 0. The Hall–Kier alpha value is -2.70. The van der Waals surface area contributed by atoms with Crippen LogP contribution in [0.4, 0.5) is 23.7 Å². The van der Waals surface area contributed by atoms with E-state index in [0.29, 0.717) is 27.5 Å². The van der Waals surface area contributed by atoms with E-state index in [2.05, 4.69) is 10.3 Å². The van der Waals surface area contributed by atoms with E-state index in [1.54, 1.807) is 18.2 Å². The molecule has 0 unspecified atom stereocenters. The molecule has 0 fully saturated rings. The quantitative estimate of drug-likeness (QED) is 0.627. The van der Waals surface area contributed by atoms with E-state index in [1.807, 2.05) is 0 Å². The number of rotatable bonds is 1. The number of nitrogens with one attached hydrogen (secondary N) is 2. The Morgan fingerprint density at radius 3 is 2.48 bits per heavy atom. The molecule has 4 nitrogen and oxygen atoms in total. The number of aromatic nitrogens is 1. The number of carbonyl (C=O) groups excluding carboxylic acids is 1. The molecule has 0 radical (unpaired) electrons. The van der Waals surface area contributed by atoms with Crippen LogP contribution in [0.5, 0.6) is 0 Å². The highest BCUT2D eigenvalue weighted by Crippen LogP contribution is 2.34. The van der Waals surface area contributed by atoms with Gasteiger partial charge in [-0.1, -0.05) is 6.07 Å². The molecular formula is C14H10F3N3O. The van der Waals surface area contributed by atoms with Crippen molar-refractivity contribution in [1.82, 2.24) is 4.98 Å². The summed E-state index contributed by atoms with van der Waals surface area (Å²) in [6, 6.07) is 7.76. The number of H-pyrrole nitrogens is 1. The average molecular weight is 293 g/mol. The van der Waals surface area contributed by atoms with Crippen LogP contribution in [0.2, 0.25) is 0 Å². The predicted molar refractivity (Wildman–Crippen MR) is 74.0 cm³/mol. The van der Waals surface area contributed by atoms with Gasteiger partial charge in [0.2, 0.25) is 0 Å². The molecule has 0 saturated carbocycles. The van der Waals surface area contributed by atoms with E-state index in [1.165, 1.54) is 6.07 Å². The van der Waals surface area contributed by atoms with Gasteiger partial charge < -0.3 is 16.0 Å². The molecule has 0 aliphatic heterocycles. The van der Waals surface area contributed by atoms with Crippen LogP contribution in [0.15, 0.2) is 36.4 Å². The minimum Gasteiger partial charge on any atom is -0.354 e. The summed E-state index contributed by atoms with van der Waals surface area (Å²) in [4.78, 5) is 13.8. The zero-order valence-electron chi connectivity index (χ0n) is 10.6. The molecule has 3 rings (SSSR count). The van der Waals surface area contributed by atoms with Crippen LogP contribution in [-0.2, 0) is 6.18 Å². The van der Waals surface area contributed by atoms with Gasteiger partial charge in [-0.15, -0.1) is 0 Å². The van der Waals surface area contributed by atoms with Crippen LogP contribution >= 0.6 is 0 Å². The van der Waals surface area contributed by atoms with Gasteiger partial charge in [-0.25, -0.2) is 4.79 Å². The molecule has 7 heteroatoms. The first-order chi connectivity index (χ1) is 9.84. The summed E-state index contributed by atoms with van der Waals surface area (Å²) in [5.41, 5.74) is 5.88. The smallest absolute Gasteiger partial charge is 0.354 e. The van der Waals surface area contributed by atoms with E-state index in [4.69, 9.17) is 5.73 Å². The third-order valence-corrected chi connectivity index (χ3v) is 3.19.